The van der Waals surface area contributed by atoms with Crippen LogP contribution in [0.3, 0.4) is 0 Å². The summed E-state index contributed by atoms with van der Waals surface area (Å²) in [6, 6.07) is 0.184. The van der Waals surface area contributed by atoms with Crippen molar-refractivity contribution in [3.63, 3.8) is 0 Å². The van der Waals surface area contributed by atoms with E-state index in [-0.39, 0.29) is 17.2 Å². The van der Waals surface area contributed by atoms with Gasteiger partial charge in [-0.2, -0.15) is 0 Å². The van der Waals surface area contributed by atoms with Crippen LogP contribution in [0.25, 0.3) is 0 Å². The molecule has 0 unspecified atom stereocenters. The first-order valence-corrected chi connectivity index (χ1v) is 6.10. The predicted octanol–water partition coefficient (Wildman–Crippen LogP) is 1.24. The largest absolute Gasteiger partial charge is 0.465 e. The van der Waals surface area contributed by atoms with Crippen molar-refractivity contribution in [2.75, 3.05) is 26.7 Å². The Kier molecular flexibility index (Phi) is 2.86. The molecule has 0 radical (unpaired) electrons. The molecule has 0 aromatic carbocycles. The maximum atomic E-state index is 11.1. The molecule has 1 N–H and O–H groups in total. The Bertz CT molecular complexity index is 326. The number of fused-ring (bicyclic) bond motifs is 1. The fraction of sp³-hybridized carbons (Fsp3) is 0.917. The first-order chi connectivity index (χ1) is 7.80. The van der Waals surface area contributed by atoms with Crippen molar-refractivity contribution in [3.05, 3.63) is 0 Å². The summed E-state index contributed by atoms with van der Waals surface area (Å²) in [6.07, 6.45) is 0.0690. The second-order valence-corrected chi connectivity index (χ2v) is 6.06. The third-order valence-corrected chi connectivity index (χ3v) is 4.15. The maximum Gasteiger partial charge on any atom is 0.407 e. The lowest BCUT2D eigenvalue weighted by Gasteiger charge is -2.38. The fourth-order valence-corrected chi connectivity index (χ4v) is 3.21. The Labute approximate surface area is 102 Å². The summed E-state index contributed by atoms with van der Waals surface area (Å²) in [5.74, 6) is 0. The van der Waals surface area contributed by atoms with Gasteiger partial charge in [0.2, 0.25) is 0 Å². The van der Waals surface area contributed by atoms with Crippen LogP contribution >= 0.6 is 0 Å². The number of ether oxygens (including phenoxy) is 1. The van der Waals surface area contributed by atoms with Crippen LogP contribution in [0, 0.1) is 0 Å². The highest BCUT2D eigenvalue weighted by molar-refractivity contribution is 5.66. The number of carbonyl (C=O) groups is 1. The molecule has 98 valence electrons. The molecule has 2 aliphatic heterocycles. The minimum absolute atomic E-state index is 0.0550. The summed E-state index contributed by atoms with van der Waals surface area (Å²) in [5.41, 5.74) is -0.245. The normalized spacial score (nSPS) is 34.1. The lowest BCUT2D eigenvalue weighted by atomic mass is 9.96. The molecule has 2 fully saturated rings. The molecule has 17 heavy (non-hydrogen) atoms. The summed E-state index contributed by atoms with van der Waals surface area (Å²) in [5, 5.41) is 9.12. The van der Waals surface area contributed by atoms with Gasteiger partial charge in [0.25, 0.3) is 0 Å². The van der Waals surface area contributed by atoms with E-state index in [0.29, 0.717) is 13.1 Å². The quantitative estimate of drug-likeness (QED) is 0.751. The van der Waals surface area contributed by atoms with Crippen LogP contribution in [0.2, 0.25) is 0 Å². The first kappa shape index (κ1) is 12.6. The number of hydrogen-bond acceptors (Lipinski definition) is 3. The van der Waals surface area contributed by atoms with Gasteiger partial charge in [-0.3, -0.25) is 4.90 Å². The van der Waals surface area contributed by atoms with Crippen LogP contribution in [0.4, 0.5) is 4.79 Å². The Balaban J connectivity index is 2.24. The molecule has 2 saturated heterocycles. The monoisotopic (exact) mass is 242 g/mol. The lowest BCUT2D eigenvalue weighted by molar-refractivity contribution is -0.0234. The molecular weight excluding hydrogens is 220 g/mol. The molecule has 2 heterocycles. The summed E-state index contributed by atoms with van der Waals surface area (Å²) in [7, 11) is 1.70. The van der Waals surface area contributed by atoms with Crippen molar-refractivity contribution in [1.82, 2.24) is 9.80 Å². The molecule has 2 rings (SSSR count). The number of likely N-dealkylation sites (tertiary alicyclic amines) is 2. The minimum Gasteiger partial charge on any atom is -0.465 e. The zero-order chi connectivity index (χ0) is 12.8. The fourth-order valence-electron chi connectivity index (χ4n) is 3.21. The Morgan fingerprint density at radius 2 is 2.12 bits per heavy atom. The highest BCUT2D eigenvalue weighted by atomic mass is 16.5. The van der Waals surface area contributed by atoms with Crippen molar-refractivity contribution in [3.8, 4) is 0 Å². The molecule has 0 saturated carbocycles. The highest BCUT2D eigenvalue weighted by Crippen LogP contribution is 2.41. The Hall–Kier alpha value is -0.810. The lowest BCUT2D eigenvalue weighted by Crippen LogP contribution is -2.51. The predicted molar refractivity (Wildman–Crippen MR) is 64.2 cm³/mol. The van der Waals surface area contributed by atoms with Crippen LogP contribution in [-0.4, -0.2) is 64.9 Å². The van der Waals surface area contributed by atoms with Gasteiger partial charge in [0.05, 0.1) is 12.6 Å². The van der Waals surface area contributed by atoms with Crippen molar-refractivity contribution < 1.29 is 14.6 Å². The number of methoxy groups -OCH3 is 1. The van der Waals surface area contributed by atoms with E-state index in [0.717, 1.165) is 13.0 Å². The van der Waals surface area contributed by atoms with Crippen LogP contribution < -0.4 is 0 Å². The van der Waals surface area contributed by atoms with Gasteiger partial charge >= 0.3 is 6.09 Å². The Morgan fingerprint density at radius 1 is 1.47 bits per heavy atom. The molecule has 1 amide bonds. The van der Waals surface area contributed by atoms with E-state index in [1.807, 2.05) is 0 Å². The summed E-state index contributed by atoms with van der Waals surface area (Å²) in [6.45, 7) is 8.54. The first-order valence-electron chi connectivity index (χ1n) is 6.10. The summed E-state index contributed by atoms with van der Waals surface area (Å²) >= 11 is 0. The van der Waals surface area contributed by atoms with E-state index < -0.39 is 6.09 Å². The van der Waals surface area contributed by atoms with Crippen molar-refractivity contribution in [1.29, 1.82) is 0 Å². The van der Waals surface area contributed by atoms with Gasteiger partial charge in [-0.25, -0.2) is 4.79 Å². The summed E-state index contributed by atoms with van der Waals surface area (Å²) in [4.78, 5) is 15.0. The van der Waals surface area contributed by atoms with Crippen LogP contribution in [0.5, 0.6) is 0 Å². The van der Waals surface area contributed by atoms with Gasteiger partial charge in [0.15, 0.2) is 0 Å². The molecular formula is C12H22N2O3. The van der Waals surface area contributed by atoms with E-state index in [1.54, 1.807) is 7.11 Å². The molecule has 2 atom stereocenters. The number of amides is 1. The van der Waals surface area contributed by atoms with Crippen molar-refractivity contribution in [2.45, 2.75) is 44.4 Å². The van der Waals surface area contributed by atoms with E-state index >= 15 is 0 Å². The Morgan fingerprint density at radius 3 is 2.59 bits per heavy atom. The number of nitrogens with zero attached hydrogens (tertiary/aromatic N) is 2. The second-order valence-electron chi connectivity index (χ2n) is 6.06. The average molecular weight is 242 g/mol. The standard InChI is InChI=1S/C12H22N2O3/c1-11(2,3)14-6-5-12(17-4)8-13(10(15)16)7-9(12)14/h9H,5-8H2,1-4H3,(H,15,16)/t9-,12-/m1/s1. The number of carboxylic acid groups (broad SMARTS) is 1. The van der Waals surface area contributed by atoms with Crippen LogP contribution in [0.1, 0.15) is 27.2 Å². The smallest absolute Gasteiger partial charge is 0.407 e. The number of hydrogen-bond donors (Lipinski definition) is 1. The topological polar surface area (TPSA) is 53.0 Å². The molecule has 2 aliphatic rings. The molecule has 5 heteroatoms. The minimum atomic E-state index is -0.843. The highest BCUT2D eigenvalue weighted by Gasteiger charge is 2.56. The molecule has 0 aromatic rings. The van der Waals surface area contributed by atoms with Gasteiger partial charge in [-0.05, 0) is 27.2 Å². The van der Waals surface area contributed by atoms with E-state index in [4.69, 9.17) is 9.84 Å². The summed E-state index contributed by atoms with van der Waals surface area (Å²) < 4.78 is 5.68. The second kappa shape index (κ2) is 3.85. The average Bonchev–Trinajstić information content (AvgIpc) is 2.69. The van der Waals surface area contributed by atoms with Gasteiger partial charge in [0, 0.05) is 25.7 Å². The van der Waals surface area contributed by atoms with Crippen LogP contribution in [-0.2, 0) is 4.74 Å². The SMILES string of the molecule is CO[C@@]12CCN(C(C)(C)C)[C@@H]1CN(C(=O)O)C2. The number of rotatable bonds is 1. The van der Waals surface area contributed by atoms with Crippen LogP contribution in [0.15, 0.2) is 0 Å². The third kappa shape index (κ3) is 1.91. The van der Waals surface area contributed by atoms with Gasteiger partial charge in [-0.1, -0.05) is 0 Å². The van der Waals surface area contributed by atoms with E-state index in [1.165, 1.54) is 4.90 Å². The van der Waals surface area contributed by atoms with E-state index in [2.05, 4.69) is 25.7 Å². The van der Waals surface area contributed by atoms with E-state index in [9.17, 15) is 4.79 Å². The van der Waals surface area contributed by atoms with Crippen molar-refractivity contribution in [2.24, 2.45) is 0 Å². The van der Waals surface area contributed by atoms with Gasteiger partial charge in [-0.15, -0.1) is 0 Å². The zero-order valence-electron chi connectivity index (χ0n) is 11.1. The van der Waals surface area contributed by atoms with Crippen molar-refractivity contribution >= 4 is 6.09 Å². The molecule has 0 spiro atoms. The van der Waals surface area contributed by atoms with Gasteiger partial charge < -0.3 is 14.7 Å². The molecule has 0 aromatic heterocycles. The van der Waals surface area contributed by atoms with Gasteiger partial charge in [0.1, 0.15) is 5.60 Å². The zero-order valence-corrected chi connectivity index (χ0v) is 11.1. The molecule has 5 nitrogen and oxygen atoms in total. The molecule has 0 bridgehead atoms. The maximum absolute atomic E-state index is 11.1. The third-order valence-electron chi connectivity index (χ3n) is 4.15. The molecule has 0 aliphatic carbocycles.